The summed E-state index contributed by atoms with van der Waals surface area (Å²) in [5, 5.41) is 10.2. The van der Waals surface area contributed by atoms with Crippen molar-refractivity contribution in [1.29, 1.82) is 0 Å². The van der Waals surface area contributed by atoms with Crippen molar-refractivity contribution < 1.29 is 32.5 Å². The predicted molar refractivity (Wildman–Crippen MR) is 116 cm³/mol. The Labute approximate surface area is 185 Å². The molecule has 0 fully saturated rings. The highest BCUT2D eigenvalue weighted by atomic mass is 32.2. The van der Waals surface area contributed by atoms with E-state index in [1.165, 1.54) is 63.0 Å². The maximum atomic E-state index is 13.5. The average molecular weight is 458 g/mol. The molecule has 0 aliphatic heterocycles. The van der Waals surface area contributed by atoms with Crippen LogP contribution >= 0.6 is 0 Å². The Morgan fingerprint density at radius 2 is 1.66 bits per heavy atom. The molecule has 0 aliphatic rings. The van der Waals surface area contributed by atoms with Crippen LogP contribution in [0.25, 0.3) is 0 Å². The highest BCUT2D eigenvalue weighted by molar-refractivity contribution is 7.92. The van der Waals surface area contributed by atoms with Crippen molar-refractivity contribution in [2.75, 3.05) is 20.5 Å². The van der Waals surface area contributed by atoms with E-state index in [4.69, 9.17) is 14.2 Å². The molecule has 0 aliphatic carbocycles. The molecule has 0 bridgehead atoms. The lowest BCUT2D eigenvalue weighted by Crippen LogP contribution is -2.54. The number of sulfone groups is 1. The van der Waals surface area contributed by atoms with E-state index < -0.39 is 26.7 Å². The van der Waals surface area contributed by atoms with E-state index in [0.29, 0.717) is 5.75 Å². The van der Waals surface area contributed by atoms with Gasteiger partial charge in [-0.15, -0.1) is 0 Å². The van der Waals surface area contributed by atoms with Crippen LogP contribution in [-0.4, -0.2) is 56.0 Å². The minimum absolute atomic E-state index is 0.0674. The molecule has 2 aromatic carbocycles. The standard InChI is InChI=1S/C22H22N2O7S/c1-29-16-10-11-17(18(14-16)30-2)22(32(3,27)28,15-8-5-4-6-9-15)19(20(25)26)31-21-23-12-7-13-24-21/h4-14,19H,1-3H3,(H,25,26). The van der Waals surface area contributed by atoms with Gasteiger partial charge >= 0.3 is 12.0 Å². The number of nitrogens with zero attached hydrogens (tertiary/aromatic N) is 2. The van der Waals surface area contributed by atoms with E-state index >= 15 is 0 Å². The Kier molecular flexibility index (Phi) is 6.64. The molecule has 1 N–H and O–H groups in total. The first-order chi connectivity index (χ1) is 15.3. The average Bonchev–Trinajstić information content (AvgIpc) is 2.79. The molecule has 0 radical (unpaired) electrons. The number of carboxylic acid groups (broad SMARTS) is 1. The van der Waals surface area contributed by atoms with Gasteiger partial charge in [-0.1, -0.05) is 30.3 Å². The molecule has 3 aromatic rings. The number of methoxy groups -OCH3 is 2. The molecule has 1 heterocycles. The van der Waals surface area contributed by atoms with Gasteiger partial charge in [0.2, 0.25) is 6.10 Å². The summed E-state index contributed by atoms with van der Waals surface area (Å²) in [6.07, 6.45) is 1.72. The molecule has 32 heavy (non-hydrogen) atoms. The molecule has 0 amide bonds. The highest BCUT2D eigenvalue weighted by Gasteiger charge is 2.58. The smallest absolute Gasteiger partial charge is 0.347 e. The maximum Gasteiger partial charge on any atom is 0.347 e. The molecule has 3 rings (SSSR count). The molecule has 0 saturated heterocycles. The van der Waals surface area contributed by atoms with Crippen LogP contribution < -0.4 is 14.2 Å². The van der Waals surface area contributed by atoms with Gasteiger partial charge < -0.3 is 19.3 Å². The van der Waals surface area contributed by atoms with Crippen LogP contribution in [0.2, 0.25) is 0 Å². The molecule has 2 unspecified atom stereocenters. The summed E-state index contributed by atoms with van der Waals surface area (Å²) in [6.45, 7) is 0. The van der Waals surface area contributed by atoms with Crippen molar-refractivity contribution in [3.63, 3.8) is 0 Å². The Morgan fingerprint density at radius 1 is 1.00 bits per heavy atom. The van der Waals surface area contributed by atoms with E-state index in [2.05, 4.69) is 9.97 Å². The molecular formula is C22H22N2O7S. The maximum absolute atomic E-state index is 13.5. The lowest BCUT2D eigenvalue weighted by atomic mass is 9.84. The van der Waals surface area contributed by atoms with Gasteiger partial charge in [-0.2, -0.15) is 0 Å². The Bertz CT molecular complexity index is 1190. The first kappa shape index (κ1) is 23.0. The van der Waals surface area contributed by atoms with Gasteiger partial charge in [-0.25, -0.2) is 23.2 Å². The van der Waals surface area contributed by atoms with Crippen LogP contribution in [0.1, 0.15) is 11.1 Å². The van der Waals surface area contributed by atoms with Crippen LogP contribution in [0, 0.1) is 0 Å². The van der Waals surface area contributed by atoms with E-state index in [-0.39, 0.29) is 22.9 Å². The lowest BCUT2D eigenvalue weighted by Gasteiger charge is -2.38. The van der Waals surface area contributed by atoms with Gasteiger partial charge in [0.25, 0.3) is 0 Å². The fourth-order valence-electron chi connectivity index (χ4n) is 3.61. The summed E-state index contributed by atoms with van der Waals surface area (Å²) in [5.74, 6) is -1.01. The van der Waals surface area contributed by atoms with Crippen LogP contribution in [0.5, 0.6) is 17.5 Å². The largest absolute Gasteiger partial charge is 0.497 e. The fraction of sp³-hybridized carbons (Fsp3) is 0.227. The van der Waals surface area contributed by atoms with Crippen molar-refractivity contribution in [1.82, 2.24) is 9.97 Å². The van der Waals surface area contributed by atoms with Gasteiger partial charge in [-0.3, -0.25) is 0 Å². The second-order valence-corrected chi connectivity index (χ2v) is 9.00. The van der Waals surface area contributed by atoms with Gasteiger partial charge in [0.1, 0.15) is 11.5 Å². The van der Waals surface area contributed by atoms with Crippen LogP contribution in [0.3, 0.4) is 0 Å². The normalized spacial score (nSPS) is 14.1. The summed E-state index contributed by atoms with van der Waals surface area (Å²) >= 11 is 0. The zero-order valence-electron chi connectivity index (χ0n) is 17.6. The molecule has 0 spiro atoms. The zero-order chi connectivity index (χ0) is 23.4. The number of hydrogen-bond acceptors (Lipinski definition) is 8. The lowest BCUT2D eigenvalue weighted by molar-refractivity contribution is -0.146. The van der Waals surface area contributed by atoms with Crippen molar-refractivity contribution >= 4 is 15.8 Å². The summed E-state index contributed by atoms with van der Waals surface area (Å²) in [6, 6.07) is 13.7. The highest BCUT2D eigenvalue weighted by Crippen LogP contribution is 2.46. The minimum Gasteiger partial charge on any atom is -0.497 e. The summed E-state index contributed by atoms with van der Waals surface area (Å²) in [7, 11) is -1.43. The third kappa shape index (κ3) is 4.09. The summed E-state index contributed by atoms with van der Waals surface area (Å²) in [5.41, 5.74) is 0.243. The van der Waals surface area contributed by atoms with Gasteiger partial charge in [-0.05, 0) is 23.8 Å². The number of hydrogen-bond donors (Lipinski definition) is 1. The Hall–Kier alpha value is -3.66. The van der Waals surface area contributed by atoms with E-state index in [1.54, 1.807) is 18.2 Å². The van der Waals surface area contributed by atoms with Crippen molar-refractivity contribution in [2.24, 2.45) is 0 Å². The minimum atomic E-state index is -4.23. The van der Waals surface area contributed by atoms with E-state index in [9.17, 15) is 18.3 Å². The first-order valence-electron chi connectivity index (χ1n) is 9.39. The third-order valence-electron chi connectivity index (χ3n) is 4.96. The van der Waals surface area contributed by atoms with Gasteiger partial charge in [0, 0.05) is 30.3 Å². The predicted octanol–water partition coefficient (Wildman–Crippen LogP) is 2.31. The van der Waals surface area contributed by atoms with Gasteiger partial charge in [0.15, 0.2) is 14.6 Å². The quantitative estimate of drug-likeness (QED) is 0.514. The second kappa shape index (κ2) is 9.23. The van der Waals surface area contributed by atoms with Crippen molar-refractivity contribution in [3.05, 3.63) is 78.1 Å². The zero-order valence-corrected chi connectivity index (χ0v) is 18.4. The fourth-order valence-corrected chi connectivity index (χ4v) is 5.28. The second-order valence-electron chi connectivity index (χ2n) is 6.81. The van der Waals surface area contributed by atoms with Gasteiger partial charge in [0.05, 0.1) is 14.2 Å². The first-order valence-corrected chi connectivity index (χ1v) is 11.3. The Morgan fingerprint density at radius 3 is 2.19 bits per heavy atom. The number of rotatable bonds is 9. The SMILES string of the molecule is COc1ccc(C(c2ccccc2)(C(Oc2ncccn2)C(=O)O)S(C)(=O)=O)c(OC)c1. The van der Waals surface area contributed by atoms with Crippen LogP contribution in [0.4, 0.5) is 0 Å². The molecule has 2 atom stereocenters. The van der Waals surface area contributed by atoms with Crippen LogP contribution in [-0.2, 0) is 19.4 Å². The number of carboxylic acids is 1. The van der Waals surface area contributed by atoms with Crippen molar-refractivity contribution in [2.45, 2.75) is 10.9 Å². The molecule has 9 nitrogen and oxygen atoms in total. The number of aliphatic carboxylic acids is 1. The number of benzene rings is 2. The van der Waals surface area contributed by atoms with E-state index in [0.717, 1.165) is 6.26 Å². The number of ether oxygens (including phenoxy) is 3. The van der Waals surface area contributed by atoms with Crippen LogP contribution in [0.15, 0.2) is 67.0 Å². The molecule has 168 valence electrons. The molecule has 0 saturated carbocycles. The third-order valence-corrected chi connectivity index (χ3v) is 6.79. The summed E-state index contributed by atoms with van der Waals surface area (Å²) < 4.78 is 41.2. The topological polar surface area (TPSA) is 125 Å². The van der Waals surface area contributed by atoms with Crippen molar-refractivity contribution in [3.8, 4) is 17.5 Å². The molecule has 1 aromatic heterocycles. The number of carbonyl (C=O) groups is 1. The monoisotopic (exact) mass is 458 g/mol. The number of aromatic nitrogens is 2. The van der Waals surface area contributed by atoms with E-state index in [1.807, 2.05) is 0 Å². The molecular weight excluding hydrogens is 436 g/mol. The Balaban J connectivity index is 2.43. The summed E-state index contributed by atoms with van der Waals surface area (Å²) in [4.78, 5) is 20.4. The molecule has 10 heteroatoms.